The van der Waals surface area contributed by atoms with Crippen LogP contribution >= 0.6 is 0 Å². The second-order valence-electron chi connectivity index (χ2n) is 7.55. The van der Waals surface area contributed by atoms with Crippen molar-refractivity contribution < 1.29 is 19.1 Å². The highest BCUT2D eigenvalue weighted by Crippen LogP contribution is 2.19. The predicted octanol–water partition coefficient (Wildman–Crippen LogP) is 3.86. The van der Waals surface area contributed by atoms with Crippen molar-refractivity contribution in [1.82, 2.24) is 30.8 Å². The number of hydrogen-bond acceptors (Lipinski definition) is 8. The molecule has 2 N–H and O–H groups in total. The average molecular weight is 436 g/mol. The molecule has 0 fully saturated rings. The summed E-state index contributed by atoms with van der Waals surface area (Å²) in [6.07, 6.45) is 6.21. The molecule has 0 aliphatic heterocycles. The van der Waals surface area contributed by atoms with Crippen molar-refractivity contribution in [3.05, 3.63) is 36.4 Å². The van der Waals surface area contributed by atoms with Gasteiger partial charge in [0, 0.05) is 25.0 Å². The lowest BCUT2D eigenvalue weighted by Gasteiger charge is -2.05. The number of hydrogen-bond donors (Lipinski definition) is 2. The van der Waals surface area contributed by atoms with Gasteiger partial charge in [0.2, 0.25) is 0 Å². The van der Waals surface area contributed by atoms with Crippen LogP contribution in [0.5, 0.6) is 11.5 Å². The number of esters is 2. The number of unbranched alkanes of at least 4 members (excludes halogenated alkanes) is 5. The maximum absolute atomic E-state index is 12.0. The normalized spacial score (nSPS) is 11.1. The predicted molar refractivity (Wildman–Crippen MR) is 116 cm³/mol. The van der Waals surface area contributed by atoms with Crippen LogP contribution in [-0.2, 0) is 9.59 Å². The lowest BCUT2D eigenvalue weighted by atomic mass is 10.1. The van der Waals surface area contributed by atoms with E-state index in [1.807, 2.05) is 0 Å². The number of benzene rings is 2. The lowest BCUT2D eigenvalue weighted by molar-refractivity contribution is -0.135. The minimum atomic E-state index is -0.251. The van der Waals surface area contributed by atoms with Crippen LogP contribution in [0.1, 0.15) is 51.4 Å². The summed E-state index contributed by atoms with van der Waals surface area (Å²) in [7, 11) is 0. The van der Waals surface area contributed by atoms with E-state index in [1.165, 1.54) is 0 Å². The first-order valence-corrected chi connectivity index (χ1v) is 10.7. The highest BCUT2D eigenvalue weighted by Gasteiger charge is 2.08. The number of nitrogens with one attached hydrogen (secondary N) is 2. The molecule has 0 atom stereocenters. The fraction of sp³-hybridized carbons (Fsp3) is 0.364. The SMILES string of the molecule is O=C(CCCCCCCCC(=O)Oc1ccc2[nH]nnc2c1)Oc1ccc2[nH]nnc2c1. The molecule has 0 unspecified atom stereocenters. The Morgan fingerprint density at radius 3 is 1.56 bits per heavy atom. The Labute approximate surface area is 183 Å². The summed E-state index contributed by atoms with van der Waals surface area (Å²) in [5.74, 6) is 0.451. The summed E-state index contributed by atoms with van der Waals surface area (Å²) in [5, 5.41) is 20.7. The topological polar surface area (TPSA) is 136 Å². The van der Waals surface area contributed by atoms with Gasteiger partial charge < -0.3 is 9.47 Å². The van der Waals surface area contributed by atoms with E-state index in [4.69, 9.17) is 9.47 Å². The smallest absolute Gasteiger partial charge is 0.311 e. The first-order chi connectivity index (χ1) is 15.7. The number of aromatic amines is 2. The molecule has 2 heterocycles. The third-order valence-corrected chi connectivity index (χ3v) is 5.07. The molecule has 0 saturated heterocycles. The minimum absolute atomic E-state index is 0.251. The number of H-pyrrole nitrogens is 2. The van der Waals surface area contributed by atoms with Crippen LogP contribution in [0.25, 0.3) is 22.1 Å². The van der Waals surface area contributed by atoms with Crippen LogP contribution in [0.2, 0.25) is 0 Å². The zero-order valence-corrected chi connectivity index (χ0v) is 17.5. The molecule has 0 bridgehead atoms. The Morgan fingerprint density at radius 2 is 1.09 bits per heavy atom. The van der Waals surface area contributed by atoms with Gasteiger partial charge in [-0.25, -0.2) is 0 Å². The van der Waals surface area contributed by atoms with Gasteiger partial charge >= 0.3 is 11.9 Å². The molecule has 0 saturated carbocycles. The molecule has 2 aromatic heterocycles. The van der Waals surface area contributed by atoms with Gasteiger partial charge in [-0.15, -0.1) is 10.2 Å². The first kappa shape index (κ1) is 21.4. The molecule has 0 aliphatic rings. The van der Waals surface area contributed by atoms with Gasteiger partial charge in [-0.05, 0) is 37.1 Å². The maximum atomic E-state index is 12.0. The van der Waals surface area contributed by atoms with Crippen LogP contribution in [0.3, 0.4) is 0 Å². The average Bonchev–Trinajstić information content (AvgIpc) is 3.44. The Kier molecular flexibility index (Phi) is 7.01. The van der Waals surface area contributed by atoms with Crippen molar-refractivity contribution in [2.75, 3.05) is 0 Å². The molecule has 2 aromatic carbocycles. The Morgan fingerprint density at radius 1 is 0.656 bits per heavy atom. The molecular weight excluding hydrogens is 412 g/mol. The summed E-state index contributed by atoms with van der Waals surface area (Å²) in [5.41, 5.74) is 2.92. The van der Waals surface area contributed by atoms with Crippen molar-refractivity contribution in [2.24, 2.45) is 0 Å². The maximum Gasteiger partial charge on any atom is 0.311 e. The van der Waals surface area contributed by atoms with Crippen molar-refractivity contribution in [3.8, 4) is 11.5 Å². The second kappa shape index (κ2) is 10.5. The number of fused-ring (bicyclic) bond motifs is 2. The van der Waals surface area contributed by atoms with E-state index in [2.05, 4.69) is 30.8 Å². The van der Waals surface area contributed by atoms with Gasteiger partial charge in [-0.2, -0.15) is 0 Å². The van der Waals surface area contributed by atoms with E-state index in [0.29, 0.717) is 35.4 Å². The fourth-order valence-corrected chi connectivity index (χ4v) is 3.38. The highest BCUT2D eigenvalue weighted by molar-refractivity contribution is 5.79. The van der Waals surface area contributed by atoms with Crippen molar-refractivity contribution in [3.63, 3.8) is 0 Å². The van der Waals surface area contributed by atoms with Crippen molar-refractivity contribution in [1.29, 1.82) is 0 Å². The van der Waals surface area contributed by atoms with Crippen LogP contribution < -0.4 is 9.47 Å². The molecule has 32 heavy (non-hydrogen) atoms. The molecule has 10 nitrogen and oxygen atoms in total. The van der Waals surface area contributed by atoms with Gasteiger partial charge in [0.1, 0.15) is 22.5 Å². The largest absolute Gasteiger partial charge is 0.426 e. The first-order valence-electron chi connectivity index (χ1n) is 10.7. The van der Waals surface area contributed by atoms with E-state index in [9.17, 15) is 9.59 Å². The van der Waals surface area contributed by atoms with Crippen molar-refractivity contribution in [2.45, 2.75) is 51.4 Å². The lowest BCUT2D eigenvalue weighted by Crippen LogP contribution is -2.07. The third kappa shape index (κ3) is 5.87. The third-order valence-electron chi connectivity index (χ3n) is 5.07. The number of carbonyl (C=O) groups excluding carboxylic acids is 2. The summed E-state index contributed by atoms with van der Waals surface area (Å²) in [6, 6.07) is 10.4. The quantitative estimate of drug-likeness (QED) is 0.205. The molecule has 166 valence electrons. The second-order valence-corrected chi connectivity index (χ2v) is 7.55. The molecule has 0 aliphatic carbocycles. The Balaban J connectivity index is 1.04. The van der Waals surface area contributed by atoms with Crippen LogP contribution in [-0.4, -0.2) is 42.8 Å². The van der Waals surface area contributed by atoms with Gasteiger partial charge in [-0.1, -0.05) is 36.1 Å². The van der Waals surface area contributed by atoms with Gasteiger partial charge in [-0.3, -0.25) is 19.8 Å². The minimum Gasteiger partial charge on any atom is -0.426 e. The van der Waals surface area contributed by atoms with Gasteiger partial charge in [0.05, 0.1) is 11.0 Å². The molecule has 0 amide bonds. The summed E-state index contributed by atoms with van der Waals surface area (Å²) in [4.78, 5) is 24.0. The molecule has 4 rings (SSSR count). The van der Waals surface area contributed by atoms with E-state index in [-0.39, 0.29) is 11.9 Å². The summed E-state index contributed by atoms with van der Waals surface area (Å²) < 4.78 is 10.7. The Bertz CT molecular complexity index is 1110. The molecule has 0 spiro atoms. The Hall–Kier alpha value is -3.82. The zero-order valence-electron chi connectivity index (χ0n) is 17.5. The van der Waals surface area contributed by atoms with E-state index < -0.39 is 0 Å². The van der Waals surface area contributed by atoms with Gasteiger partial charge in [0.15, 0.2) is 0 Å². The zero-order chi connectivity index (χ0) is 22.2. The van der Waals surface area contributed by atoms with E-state index in [1.54, 1.807) is 36.4 Å². The van der Waals surface area contributed by atoms with E-state index >= 15 is 0 Å². The van der Waals surface area contributed by atoms with Crippen molar-refractivity contribution >= 4 is 34.0 Å². The monoisotopic (exact) mass is 436 g/mol. The molecular formula is C22H24N6O4. The van der Waals surface area contributed by atoms with Gasteiger partial charge in [0.25, 0.3) is 0 Å². The molecule has 10 heteroatoms. The highest BCUT2D eigenvalue weighted by atomic mass is 16.5. The molecule has 0 radical (unpaired) electrons. The number of nitrogens with zero attached hydrogens (tertiary/aromatic N) is 4. The number of aromatic nitrogens is 6. The molecule has 4 aromatic rings. The van der Waals surface area contributed by atoms with Crippen LogP contribution in [0.15, 0.2) is 36.4 Å². The number of carbonyl (C=O) groups is 2. The van der Waals surface area contributed by atoms with E-state index in [0.717, 1.165) is 49.6 Å². The van der Waals surface area contributed by atoms with Crippen LogP contribution in [0, 0.1) is 0 Å². The fourth-order valence-electron chi connectivity index (χ4n) is 3.38. The van der Waals surface area contributed by atoms with Crippen LogP contribution in [0.4, 0.5) is 0 Å². The summed E-state index contributed by atoms with van der Waals surface area (Å²) >= 11 is 0. The summed E-state index contributed by atoms with van der Waals surface area (Å²) in [6.45, 7) is 0. The standard InChI is InChI=1S/C22H24N6O4/c29-21(31-15-9-11-17-19(13-15)25-27-23-17)7-5-3-1-2-4-6-8-22(30)32-16-10-12-18-20(14-16)26-28-24-18/h9-14H,1-8H2,(H,23,25,27)(H,24,26,28). The number of rotatable bonds is 11. The number of ether oxygens (including phenoxy) is 2.